The molecule has 5 aromatic rings. The molecule has 1 aliphatic carbocycles. The second-order valence-corrected chi connectivity index (χ2v) is 10.9. The first-order valence-corrected chi connectivity index (χ1v) is 14.1. The number of ketones is 2. The molecule has 1 aliphatic rings. The highest BCUT2D eigenvalue weighted by Crippen LogP contribution is 2.35. The van der Waals surface area contributed by atoms with Crippen LogP contribution in [0.4, 0.5) is 0 Å². The smallest absolute Gasteiger partial charge is 0.252 e. The summed E-state index contributed by atoms with van der Waals surface area (Å²) >= 11 is 6.26. The van der Waals surface area contributed by atoms with E-state index in [0.29, 0.717) is 44.7 Å². The molecule has 1 fully saturated rings. The normalized spacial score (nSPS) is 13.7. The summed E-state index contributed by atoms with van der Waals surface area (Å²) in [5.74, 6) is -0.00257. The first-order chi connectivity index (χ1) is 20.3. The Morgan fingerprint density at radius 2 is 1.81 bits per heavy atom. The fraction of sp³-hybridized carbons (Fsp3) is 0.250. The van der Waals surface area contributed by atoms with Gasteiger partial charge in [0.1, 0.15) is 11.8 Å². The fourth-order valence-electron chi connectivity index (χ4n) is 5.22. The molecule has 3 heterocycles. The van der Waals surface area contributed by atoms with Crippen molar-refractivity contribution in [3.05, 3.63) is 106 Å². The van der Waals surface area contributed by atoms with Crippen LogP contribution in [0.1, 0.15) is 53.5 Å². The summed E-state index contributed by atoms with van der Waals surface area (Å²) < 4.78 is 9.03. The predicted octanol–water partition coefficient (Wildman–Crippen LogP) is 5.45. The van der Waals surface area contributed by atoms with Crippen LogP contribution < -0.4 is 10.3 Å². The van der Waals surface area contributed by atoms with Gasteiger partial charge in [-0.25, -0.2) is 0 Å². The van der Waals surface area contributed by atoms with Crippen molar-refractivity contribution in [2.24, 2.45) is 0 Å². The van der Waals surface area contributed by atoms with Crippen LogP contribution in [0.5, 0.6) is 5.75 Å². The van der Waals surface area contributed by atoms with Crippen LogP contribution in [0.15, 0.2) is 78.1 Å². The summed E-state index contributed by atoms with van der Waals surface area (Å²) in [6, 6.07) is 13.2. The van der Waals surface area contributed by atoms with E-state index in [2.05, 4.69) is 9.97 Å². The number of fused-ring (bicyclic) bond motifs is 1. The third-order valence-corrected chi connectivity index (χ3v) is 7.76. The van der Waals surface area contributed by atoms with E-state index in [4.69, 9.17) is 21.4 Å². The number of benzene rings is 2. The van der Waals surface area contributed by atoms with Gasteiger partial charge in [-0.3, -0.25) is 29.0 Å². The minimum absolute atomic E-state index is 0.0831. The first-order valence-electron chi connectivity index (χ1n) is 13.7. The molecule has 9 nitrogen and oxygen atoms in total. The molecule has 0 bridgehead atoms. The molecular weight excluding hydrogens is 554 g/mol. The summed E-state index contributed by atoms with van der Waals surface area (Å²) in [6.45, 7) is 1.45. The Morgan fingerprint density at radius 3 is 2.55 bits per heavy atom. The number of hydrogen-bond donors (Lipinski definition) is 0. The Kier molecular flexibility index (Phi) is 7.43. The fourth-order valence-corrected chi connectivity index (χ4v) is 5.40. The molecule has 0 aliphatic heterocycles. The van der Waals surface area contributed by atoms with Crippen LogP contribution in [-0.2, 0) is 17.6 Å². The topological polar surface area (TPSA) is 109 Å². The summed E-state index contributed by atoms with van der Waals surface area (Å²) in [5.41, 5.74) is 3.81. The summed E-state index contributed by atoms with van der Waals surface area (Å²) in [6.07, 6.45) is 9.16. The van der Waals surface area contributed by atoms with Gasteiger partial charge < -0.3 is 9.30 Å². The lowest BCUT2D eigenvalue weighted by atomic mass is 9.96. The van der Waals surface area contributed by atoms with Gasteiger partial charge in [0.05, 0.1) is 36.1 Å². The molecule has 1 saturated carbocycles. The van der Waals surface area contributed by atoms with Crippen molar-refractivity contribution >= 4 is 34.2 Å². The van der Waals surface area contributed by atoms with E-state index in [1.165, 1.54) is 30.9 Å². The van der Waals surface area contributed by atoms with Crippen molar-refractivity contribution in [3.8, 4) is 16.9 Å². The average molecular weight is 582 g/mol. The van der Waals surface area contributed by atoms with E-state index in [9.17, 15) is 14.4 Å². The lowest BCUT2D eigenvalue weighted by molar-refractivity contribution is -0.121. The molecule has 212 valence electrons. The molecule has 6 rings (SSSR count). The van der Waals surface area contributed by atoms with Gasteiger partial charge in [-0.2, -0.15) is 5.10 Å². The van der Waals surface area contributed by atoms with E-state index < -0.39 is 11.6 Å². The Morgan fingerprint density at radius 1 is 1.02 bits per heavy atom. The lowest BCUT2D eigenvalue weighted by Gasteiger charge is -2.21. The van der Waals surface area contributed by atoms with Crippen LogP contribution in [0.25, 0.3) is 22.2 Å². The third kappa shape index (κ3) is 5.60. The van der Waals surface area contributed by atoms with Gasteiger partial charge in [0, 0.05) is 53.6 Å². The number of carbonyl (C=O) groups is 2. The number of Topliss-reactive ketones (excluding diaryl/α,β-unsaturated/α-hetero) is 2. The zero-order valence-electron chi connectivity index (χ0n) is 23.2. The molecule has 0 amide bonds. The number of nitrogens with zero attached hydrogens (tertiary/aromatic N) is 5. The maximum absolute atomic E-state index is 14.0. The van der Waals surface area contributed by atoms with E-state index in [1.54, 1.807) is 30.6 Å². The monoisotopic (exact) mass is 581 g/mol. The van der Waals surface area contributed by atoms with E-state index in [0.717, 1.165) is 23.9 Å². The van der Waals surface area contributed by atoms with Crippen LogP contribution in [0.3, 0.4) is 0 Å². The highest BCUT2D eigenvalue weighted by Gasteiger charge is 2.28. The molecule has 2 aromatic carbocycles. The SMILES string of the molecule is COc1cn(C(Cc2ccn(C3CC3)n2)C(=O)Cc2ccc3nccnc3c2)c(=O)cc1-c1cc(Cl)ccc1C(C)=O. The van der Waals surface area contributed by atoms with Crippen LogP contribution in [-0.4, -0.2) is 43.0 Å². The molecule has 0 saturated heterocycles. The highest BCUT2D eigenvalue weighted by atomic mass is 35.5. The Labute approximate surface area is 246 Å². The number of hydrogen-bond acceptors (Lipinski definition) is 7. The maximum atomic E-state index is 14.0. The van der Waals surface area contributed by atoms with Gasteiger partial charge in [0.2, 0.25) is 0 Å². The quantitative estimate of drug-likeness (QED) is 0.202. The first kappa shape index (κ1) is 27.5. The minimum Gasteiger partial charge on any atom is -0.495 e. The number of carbonyl (C=O) groups excluding carboxylic acids is 2. The van der Waals surface area contributed by atoms with E-state index in [1.807, 2.05) is 35.1 Å². The third-order valence-electron chi connectivity index (χ3n) is 7.52. The van der Waals surface area contributed by atoms with Crippen molar-refractivity contribution in [1.29, 1.82) is 0 Å². The second kappa shape index (κ2) is 11.3. The second-order valence-electron chi connectivity index (χ2n) is 10.5. The molecule has 0 spiro atoms. The lowest BCUT2D eigenvalue weighted by Crippen LogP contribution is -2.32. The van der Waals surface area contributed by atoms with Gasteiger partial charge in [-0.1, -0.05) is 17.7 Å². The number of halogens is 1. The van der Waals surface area contributed by atoms with Crippen molar-refractivity contribution in [2.75, 3.05) is 7.11 Å². The zero-order chi connectivity index (χ0) is 29.4. The van der Waals surface area contributed by atoms with Gasteiger partial charge in [-0.05, 0) is 67.3 Å². The molecule has 1 unspecified atom stereocenters. The van der Waals surface area contributed by atoms with Crippen molar-refractivity contribution in [2.45, 2.75) is 44.7 Å². The Bertz CT molecular complexity index is 1890. The van der Waals surface area contributed by atoms with E-state index in [-0.39, 0.29) is 24.4 Å². The summed E-state index contributed by atoms with van der Waals surface area (Å²) in [4.78, 5) is 48.7. The van der Waals surface area contributed by atoms with Crippen LogP contribution >= 0.6 is 11.6 Å². The zero-order valence-corrected chi connectivity index (χ0v) is 23.9. The average Bonchev–Trinajstić information content (AvgIpc) is 3.73. The van der Waals surface area contributed by atoms with Gasteiger partial charge in [0.25, 0.3) is 5.56 Å². The van der Waals surface area contributed by atoms with Crippen molar-refractivity contribution in [3.63, 3.8) is 0 Å². The molecule has 0 radical (unpaired) electrons. The van der Waals surface area contributed by atoms with Gasteiger partial charge >= 0.3 is 0 Å². The molecule has 1 atom stereocenters. The summed E-state index contributed by atoms with van der Waals surface area (Å²) in [7, 11) is 1.48. The van der Waals surface area contributed by atoms with Gasteiger partial charge in [-0.15, -0.1) is 0 Å². The number of ether oxygens (including phenoxy) is 1. The minimum atomic E-state index is -0.854. The van der Waals surface area contributed by atoms with Crippen LogP contribution in [0.2, 0.25) is 5.02 Å². The Hall–Kier alpha value is -4.63. The van der Waals surface area contributed by atoms with E-state index >= 15 is 0 Å². The number of aromatic nitrogens is 5. The number of methoxy groups -OCH3 is 1. The van der Waals surface area contributed by atoms with Crippen LogP contribution in [0, 0.1) is 0 Å². The molecule has 3 aromatic heterocycles. The molecule has 10 heteroatoms. The molecule has 42 heavy (non-hydrogen) atoms. The standard InChI is InChI=1S/C32H28ClN5O4/c1-19(39)24-7-4-21(33)15-25(24)26-17-32(41)37(18-31(26)42-2)29(16-22-9-12-38(36-22)23-5-6-23)30(40)14-20-3-8-27-28(13-20)35-11-10-34-27/h3-4,7-13,15,17-18,23,29H,5-6,14,16H2,1-2H3. The molecule has 0 N–H and O–H groups in total. The van der Waals surface area contributed by atoms with Crippen molar-refractivity contribution in [1.82, 2.24) is 24.3 Å². The largest absolute Gasteiger partial charge is 0.495 e. The maximum Gasteiger partial charge on any atom is 0.252 e. The molecular formula is C32H28ClN5O4. The summed E-state index contributed by atoms with van der Waals surface area (Å²) in [5, 5.41) is 5.11. The number of pyridine rings is 1. The van der Waals surface area contributed by atoms with Crippen molar-refractivity contribution < 1.29 is 14.3 Å². The highest BCUT2D eigenvalue weighted by molar-refractivity contribution is 6.31. The number of rotatable bonds is 10. The predicted molar refractivity (Wildman–Crippen MR) is 159 cm³/mol. The van der Waals surface area contributed by atoms with Gasteiger partial charge in [0.15, 0.2) is 11.6 Å². The Balaban J connectivity index is 1.41.